The molecule has 0 atom stereocenters. The lowest BCUT2D eigenvalue weighted by Crippen LogP contribution is -2.34. The van der Waals surface area contributed by atoms with Crippen LogP contribution in [0.1, 0.15) is 13.8 Å². The van der Waals surface area contributed by atoms with Gasteiger partial charge in [0.1, 0.15) is 0 Å². The van der Waals surface area contributed by atoms with Gasteiger partial charge >= 0.3 is 0 Å². The van der Waals surface area contributed by atoms with Crippen LogP contribution in [0.4, 0.5) is 5.69 Å². The Kier molecular flexibility index (Phi) is 4.31. The molecule has 0 saturated heterocycles. The fraction of sp³-hybridized carbons (Fsp3) is 0.417. The number of benzene rings is 1. The van der Waals surface area contributed by atoms with Crippen LogP contribution >= 0.6 is 0 Å². The van der Waals surface area contributed by atoms with Crippen molar-refractivity contribution in [1.82, 2.24) is 4.90 Å². The molecule has 0 heterocycles. The third-order valence-electron chi connectivity index (χ3n) is 2.33. The SMILES string of the molecule is CC(C)N(C)CC(=O)Nc1ccccc1. The van der Waals surface area contributed by atoms with Gasteiger partial charge in [-0.2, -0.15) is 0 Å². The summed E-state index contributed by atoms with van der Waals surface area (Å²) in [6.45, 7) is 4.55. The van der Waals surface area contributed by atoms with Crippen molar-refractivity contribution in [2.45, 2.75) is 19.9 Å². The maximum Gasteiger partial charge on any atom is 0.238 e. The number of hydrogen-bond donors (Lipinski definition) is 1. The minimum Gasteiger partial charge on any atom is -0.325 e. The molecule has 0 bridgehead atoms. The predicted octanol–water partition coefficient (Wildman–Crippen LogP) is 1.97. The zero-order valence-corrected chi connectivity index (χ0v) is 9.53. The Bertz CT molecular complexity index is 309. The van der Waals surface area contributed by atoms with Crippen LogP contribution in [0.15, 0.2) is 30.3 Å². The number of amides is 1. The molecule has 0 aliphatic heterocycles. The maximum absolute atomic E-state index is 11.6. The standard InChI is InChI=1S/C12H18N2O/c1-10(2)14(3)9-12(15)13-11-7-5-4-6-8-11/h4-8,10H,9H2,1-3H3,(H,13,15). The van der Waals surface area contributed by atoms with E-state index in [0.29, 0.717) is 12.6 Å². The number of rotatable bonds is 4. The average Bonchev–Trinajstić information content (AvgIpc) is 2.18. The fourth-order valence-corrected chi connectivity index (χ4v) is 1.13. The number of para-hydroxylation sites is 1. The number of likely N-dealkylation sites (N-methyl/N-ethyl adjacent to an activating group) is 1. The van der Waals surface area contributed by atoms with Crippen molar-refractivity contribution < 1.29 is 4.79 Å². The molecule has 1 aromatic carbocycles. The molecule has 0 unspecified atom stereocenters. The lowest BCUT2D eigenvalue weighted by atomic mass is 10.3. The summed E-state index contributed by atoms with van der Waals surface area (Å²) in [5.74, 6) is 0.0254. The molecule has 0 aliphatic carbocycles. The van der Waals surface area contributed by atoms with E-state index in [4.69, 9.17) is 0 Å². The van der Waals surface area contributed by atoms with E-state index in [1.54, 1.807) is 0 Å². The second-order valence-corrected chi connectivity index (χ2v) is 3.92. The van der Waals surface area contributed by atoms with Gasteiger partial charge < -0.3 is 5.32 Å². The number of anilines is 1. The molecule has 0 aliphatic rings. The Morgan fingerprint density at radius 2 is 1.93 bits per heavy atom. The molecular weight excluding hydrogens is 188 g/mol. The summed E-state index contributed by atoms with van der Waals surface area (Å²) in [5, 5.41) is 2.85. The van der Waals surface area contributed by atoms with Crippen molar-refractivity contribution in [2.24, 2.45) is 0 Å². The first-order valence-corrected chi connectivity index (χ1v) is 5.14. The highest BCUT2D eigenvalue weighted by molar-refractivity contribution is 5.92. The summed E-state index contributed by atoms with van der Waals surface area (Å²) in [6.07, 6.45) is 0. The molecule has 0 fully saturated rings. The highest BCUT2D eigenvalue weighted by atomic mass is 16.2. The van der Waals surface area contributed by atoms with Gasteiger partial charge in [0, 0.05) is 11.7 Å². The molecule has 1 N–H and O–H groups in total. The van der Waals surface area contributed by atoms with Crippen LogP contribution in [0.3, 0.4) is 0 Å². The zero-order chi connectivity index (χ0) is 11.3. The van der Waals surface area contributed by atoms with Crippen LogP contribution in [0.5, 0.6) is 0 Å². The summed E-state index contributed by atoms with van der Waals surface area (Å²) in [6, 6.07) is 9.88. The van der Waals surface area contributed by atoms with Gasteiger partial charge in [-0.05, 0) is 33.0 Å². The molecule has 1 aromatic rings. The van der Waals surface area contributed by atoms with Crippen LogP contribution in [-0.4, -0.2) is 30.4 Å². The Labute approximate surface area is 91.1 Å². The second kappa shape index (κ2) is 5.51. The monoisotopic (exact) mass is 206 g/mol. The van der Waals surface area contributed by atoms with Crippen LogP contribution < -0.4 is 5.32 Å². The quantitative estimate of drug-likeness (QED) is 0.816. The predicted molar refractivity (Wildman–Crippen MR) is 62.8 cm³/mol. The van der Waals surface area contributed by atoms with Crippen molar-refractivity contribution in [3.05, 3.63) is 30.3 Å². The number of carbonyl (C=O) groups excluding carboxylic acids is 1. The molecule has 0 aromatic heterocycles. The largest absolute Gasteiger partial charge is 0.325 e. The van der Waals surface area contributed by atoms with Gasteiger partial charge in [0.25, 0.3) is 0 Å². The number of nitrogens with one attached hydrogen (secondary N) is 1. The molecule has 82 valence electrons. The van der Waals surface area contributed by atoms with Gasteiger partial charge in [-0.3, -0.25) is 9.69 Å². The van der Waals surface area contributed by atoms with Gasteiger partial charge in [-0.15, -0.1) is 0 Å². The maximum atomic E-state index is 11.6. The first-order chi connectivity index (χ1) is 7.09. The van der Waals surface area contributed by atoms with E-state index in [2.05, 4.69) is 19.2 Å². The van der Waals surface area contributed by atoms with E-state index in [0.717, 1.165) is 5.69 Å². The zero-order valence-electron chi connectivity index (χ0n) is 9.53. The van der Waals surface area contributed by atoms with Crippen molar-refractivity contribution in [2.75, 3.05) is 18.9 Å². The molecule has 3 heteroatoms. The van der Waals surface area contributed by atoms with E-state index in [-0.39, 0.29) is 5.91 Å². The number of nitrogens with zero attached hydrogens (tertiary/aromatic N) is 1. The van der Waals surface area contributed by atoms with E-state index in [9.17, 15) is 4.79 Å². The topological polar surface area (TPSA) is 32.3 Å². The Balaban J connectivity index is 2.43. The van der Waals surface area contributed by atoms with Gasteiger partial charge in [0.15, 0.2) is 0 Å². The van der Waals surface area contributed by atoms with Crippen molar-refractivity contribution in [3.8, 4) is 0 Å². The Morgan fingerprint density at radius 1 is 1.33 bits per heavy atom. The van der Waals surface area contributed by atoms with Gasteiger partial charge in [-0.1, -0.05) is 18.2 Å². The summed E-state index contributed by atoms with van der Waals surface area (Å²) in [4.78, 5) is 13.6. The summed E-state index contributed by atoms with van der Waals surface area (Å²) in [5.41, 5.74) is 0.847. The average molecular weight is 206 g/mol. The second-order valence-electron chi connectivity index (χ2n) is 3.92. The number of hydrogen-bond acceptors (Lipinski definition) is 2. The smallest absolute Gasteiger partial charge is 0.238 e. The van der Waals surface area contributed by atoms with E-state index in [1.807, 2.05) is 42.3 Å². The van der Waals surface area contributed by atoms with Crippen LogP contribution in [0.2, 0.25) is 0 Å². The minimum atomic E-state index is 0.0254. The molecular formula is C12H18N2O. The lowest BCUT2D eigenvalue weighted by Gasteiger charge is -2.20. The molecule has 15 heavy (non-hydrogen) atoms. The normalized spacial score (nSPS) is 10.7. The molecule has 1 rings (SSSR count). The van der Waals surface area contributed by atoms with E-state index < -0.39 is 0 Å². The van der Waals surface area contributed by atoms with Crippen molar-refractivity contribution in [1.29, 1.82) is 0 Å². The highest BCUT2D eigenvalue weighted by Gasteiger charge is 2.08. The molecule has 0 saturated carbocycles. The van der Waals surface area contributed by atoms with E-state index >= 15 is 0 Å². The lowest BCUT2D eigenvalue weighted by molar-refractivity contribution is -0.117. The Hall–Kier alpha value is -1.35. The fourth-order valence-electron chi connectivity index (χ4n) is 1.13. The first-order valence-electron chi connectivity index (χ1n) is 5.14. The Morgan fingerprint density at radius 3 is 2.47 bits per heavy atom. The molecule has 3 nitrogen and oxygen atoms in total. The third-order valence-corrected chi connectivity index (χ3v) is 2.33. The van der Waals surface area contributed by atoms with Gasteiger partial charge in [0.05, 0.1) is 6.54 Å². The highest BCUT2D eigenvalue weighted by Crippen LogP contribution is 2.05. The summed E-state index contributed by atoms with van der Waals surface area (Å²) < 4.78 is 0. The van der Waals surface area contributed by atoms with Crippen molar-refractivity contribution >= 4 is 11.6 Å². The van der Waals surface area contributed by atoms with Gasteiger partial charge in [0.2, 0.25) is 5.91 Å². The van der Waals surface area contributed by atoms with Gasteiger partial charge in [-0.25, -0.2) is 0 Å². The van der Waals surface area contributed by atoms with Crippen LogP contribution in [-0.2, 0) is 4.79 Å². The molecule has 1 amide bonds. The minimum absolute atomic E-state index is 0.0254. The number of carbonyl (C=O) groups is 1. The first kappa shape index (κ1) is 11.7. The molecule has 0 radical (unpaired) electrons. The van der Waals surface area contributed by atoms with Crippen LogP contribution in [0, 0.1) is 0 Å². The summed E-state index contributed by atoms with van der Waals surface area (Å²) in [7, 11) is 1.94. The summed E-state index contributed by atoms with van der Waals surface area (Å²) >= 11 is 0. The van der Waals surface area contributed by atoms with Crippen LogP contribution in [0.25, 0.3) is 0 Å². The van der Waals surface area contributed by atoms with E-state index in [1.165, 1.54) is 0 Å². The van der Waals surface area contributed by atoms with Crippen molar-refractivity contribution in [3.63, 3.8) is 0 Å². The molecule has 0 spiro atoms. The third kappa shape index (κ3) is 4.13.